The van der Waals surface area contributed by atoms with Gasteiger partial charge in [0.2, 0.25) is 11.9 Å². The zero-order valence-electron chi connectivity index (χ0n) is 24.2. The summed E-state index contributed by atoms with van der Waals surface area (Å²) in [6.45, 7) is 10.7. The van der Waals surface area contributed by atoms with E-state index in [2.05, 4.69) is 0 Å². The normalized spacial score (nSPS) is 17.4. The molecule has 0 unspecified atom stereocenters. The number of carbonyl (C=O) groups is 3. The van der Waals surface area contributed by atoms with E-state index >= 15 is 0 Å². The SMILES string of the molecule is CO[C@@H](C(=O)c1cc(-c2cccc(C)c2)c(CCCOCCOCCO)o1)C(=O)N1C(=O)OC(C)(C)[C@@H]1C(C)C. The number of imide groups is 1. The number of cyclic esters (lactones) is 1. The van der Waals surface area contributed by atoms with Gasteiger partial charge in [0.05, 0.1) is 32.5 Å². The Morgan fingerprint density at radius 3 is 2.42 bits per heavy atom. The Labute approximate surface area is 235 Å². The summed E-state index contributed by atoms with van der Waals surface area (Å²) in [5, 5.41) is 8.76. The third kappa shape index (κ3) is 7.37. The highest BCUT2D eigenvalue weighted by atomic mass is 16.6. The number of methoxy groups -OCH3 is 1. The lowest BCUT2D eigenvalue weighted by molar-refractivity contribution is -0.138. The number of ether oxygens (including phenoxy) is 4. The van der Waals surface area contributed by atoms with Crippen LogP contribution in [0, 0.1) is 12.8 Å². The highest BCUT2D eigenvalue weighted by Gasteiger charge is 2.54. The Bertz CT molecular complexity index is 1170. The first-order valence-electron chi connectivity index (χ1n) is 13.6. The van der Waals surface area contributed by atoms with Crippen molar-refractivity contribution >= 4 is 17.8 Å². The number of aliphatic hydroxyl groups is 1. The Kier molecular flexibility index (Phi) is 11.0. The van der Waals surface area contributed by atoms with E-state index < -0.39 is 35.5 Å². The second-order valence-electron chi connectivity index (χ2n) is 10.7. The number of amides is 2. The molecule has 3 rings (SSSR count). The average Bonchev–Trinajstić information content (AvgIpc) is 3.43. The molecule has 0 aliphatic carbocycles. The number of aliphatic hydroxyl groups excluding tert-OH is 1. The molecule has 1 aromatic heterocycles. The Hall–Kier alpha value is -3.05. The van der Waals surface area contributed by atoms with Crippen molar-refractivity contribution in [2.75, 3.05) is 40.1 Å². The van der Waals surface area contributed by atoms with Crippen LogP contribution in [0.3, 0.4) is 0 Å². The van der Waals surface area contributed by atoms with Crippen molar-refractivity contribution in [1.29, 1.82) is 0 Å². The van der Waals surface area contributed by atoms with Crippen molar-refractivity contribution in [2.24, 2.45) is 5.92 Å². The van der Waals surface area contributed by atoms with E-state index in [4.69, 9.17) is 28.5 Å². The Morgan fingerprint density at radius 1 is 1.10 bits per heavy atom. The molecular weight excluding hydrogens is 518 g/mol. The lowest BCUT2D eigenvalue weighted by Gasteiger charge is -2.31. The second-order valence-corrected chi connectivity index (χ2v) is 10.7. The third-order valence-electron chi connectivity index (χ3n) is 6.79. The number of aryl methyl sites for hydroxylation is 2. The fourth-order valence-electron chi connectivity index (χ4n) is 5.18. The van der Waals surface area contributed by atoms with Crippen LogP contribution in [0.25, 0.3) is 11.1 Å². The topological polar surface area (TPSA) is 125 Å². The maximum absolute atomic E-state index is 13.6. The highest BCUT2D eigenvalue weighted by Crippen LogP contribution is 2.35. The number of furan rings is 1. The minimum atomic E-state index is -1.57. The summed E-state index contributed by atoms with van der Waals surface area (Å²) in [5.74, 6) is -1.01. The molecule has 10 nitrogen and oxygen atoms in total. The van der Waals surface area contributed by atoms with E-state index in [0.717, 1.165) is 21.6 Å². The van der Waals surface area contributed by atoms with E-state index in [0.29, 0.717) is 38.4 Å². The standard InChI is InChI=1S/C30H41NO9/c1-19(2)27-30(4,5)40-29(35)31(27)28(34)26(36-6)25(33)24-18-22(21-10-7-9-20(3)17-21)23(39-24)11-8-13-37-15-16-38-14-12-32/h7,9-10,17-19,26-27,32H,8,11-16H2,1-6H3/t26-,27-/m0/s1. The van der Waals surface area contributed by atoms with Crippen LogP contribution < -0.4 is 0 Å². The number of hydrogen-bond donors (Lipinski definition) is 1. The van der Waals surface area contributed by atoms with Gasteiger partial charge in [-0.05, 0) is 44.7 Å². The van der Waals surface area contributed by atoms with Gasteiger partial charge in [0.25, 0.3) is 5.91 Å². The lowest BCUT2D eigenvalue weighted by Crippen LogP contribution is -2.53. The fourth-order valence-corrected chi connectivity index (χ4v) is 5.18. The molecule has 10 heteroatoms. The number of carbonyl (C=O) groups excluding carboxylic acids is 3. The molecule has 0 radical (unpaired) electrons. The minimum Gasteiger partial charge on any atom is -0.457 e. The third-order valence-corrected chi connectivity index (χ3v) is 6.79. The van der Waals surface area contributed by atoms with Gasteiger partial charge >= 0.3 is 6.09 Å². The van der Waals surface area contributed by atoms with E-state index in [-0.39, 0.29) is 24.9 Å². The monoisotopic (exact) mass is 559 g/mol. The highest BCUT2D eigenvalue weighted by molar-refractivity contribution is 6.14. The van der Waals surface area contributed by atoms with Crippen LogP contribution in [0.1, 0.15) is 56.0 Å². The van der Waals surface area contributed by atoms with Crippen LogP contribution >= 0.6 is 0 Å². The van der Waals surface area contributed by atoms with Crippen LogP contribution in [0.4, 0.5) is 4.79 Å². The smallest absolute Gasteiger partial charge is 0.417 e. The number of benzene rings is 1. The van der Waals surface area contributed by atoms with Crippen molar-refractivity contribution in [2.45, 2.75) is 65.2 Å². The summed E-state index contributed by atoms with van der Waals surface area (Å²) in [6, 6.07) is 8.88. The molecule has 1 fully saturated rings. The first-order chi connectivity index (χ1) is 19.0. The van der Waals surface area contributed by atoms with E-state index in [1.807, 2.05) is 45.0 Å². The molecule has 1 N–H and O–H groups in total. The maximum atomic E-state index is 13.6. The van der Waals surface area contributed by atoms with Gasteiger partial charge in [-0.1, -0.05) is 43.7 Å². The molecule has 0 spiro atoms. The molecule has 1 aromatic carbocycles. The summed E-state index contributed by atoms with van der Waals surface area (Å²) in [4.78, 5) is 40.9. The van der Waals surface area contributed by atoms with Gasteiger partial charge in [0.1, 0.15) is 11.4 Å². The molecule has 2 amide bonds. The summed E-state index contributed by atoms with van der Waals surface area (Å²) in [5.41, 5.74) is 1.75. The molecule has 1 aliphatic rings. The number of ketones is 1. The lowest BCUT2D eigenvalue weighted by atomic mass is 9.88. The van der Waals surface area contributed by atoms with Crippen molar-refractivity contribution in [1.82, 2.24) is 4.90 Å². The van der Waals surface area contributed by atoms with Gasteiger partial charge in [-0.25, -0.2) is 9.69 Å². The summed E-state index contributed by atoms with van der Waals surface area (Å²) in [7, 11) is 1.25. The molecule has 40 heavy (non-hydrogen) atoms. The van der Waals surface area contributed by atoms with E-state index in [1.54, 1.807) is 19.9 Å². The zero-order chi connectivity index (χ0) is 29.4. The quantitative estimate of drug-likeness (QED) is 0.194. The first kappa shape index (κ1) is 31.5. The molecular formula is C30H41NO9. The number of Topliss-reactive ketones (excluding diaryl/α,β-unsaturated/α-hetero) is 1. The number of nitrogens with zero attached hydrogens (tertiary/aromatic N) is 1. The predicted octanol–water partition coefficient (Wildman–Crippen LogP) is 4.19. The van der Waals surface area contributed by atoms with Crippen molar-refractivity contribution in [3.63, 3.8) is 0 Å². The van der Waals surface area contributed by atoms with Crippen LogP contribution in [-0.2, 0) is 30.2 Å². The van der Waals surface area contributed by atoms with Gasteiger partial charge in [0.15, 0.2) is 5.76 Å². The Morgan fingerprint density at radius 2 is 1.80 bits per heavy atom. The van der Waals surface area contributed by atoms with Crippen LogP contribution in [0.2, 0.25) is 0 Å². The van der Waals surface area contributed by atoms with Gasteiger partial charge in [-0.2, -0.15) is 0 Å². The maximum Gasteiger partial charge on any atom is 0.417 e. The van der Waals surface area contributed by atoms with Gasteiger partial charge < -0.3 is 28.5 Å². The predicted molar refractivity (Wildman–Crippen MR) is 147 cm³/mol. The van der Waals surface area contributed by atoms with Crippen molar-refractivity contribution in [3.05, 3.63) is 47.4 Å². The second kappa shape index (κ2) is 14.0. The number of hydrogen-bond acceptors (Lipinski definition) is 9. The average molecular weight is 560 g/mol. The Balaban J connectivity index is 1.82. The van der Waals surface area contributed by atoms with E-state index in [1.165, 1.54) is 7.11 Å². The van der Waals surface area contributed by atoms with E-state index in [9.17, 15) is 14.4 Å². The largest absolute Gasteiger partial charge is 0.457 e. The minimum absolute atomic E-state index is 0.0297. The number of rotatable bonds is 15. The molecule has 220 valence electrons. The molecule has 2 aromatic rings. The molecule has 1 aliphatic heterocycles. The zero-order valence-corrected chi connectivity index (χ0v) is 24.2. The molecule has 0 saturated carbocycles. The molecule has 1 saturated heterocycles. The van der Waals surface area contributed by atoms with Crippen LogP contribution in [0.5, 0.6) is 0 Å². The van der Waals surface area contributed by atoms with Gasteiger partial charge in [-0.3, -0.25) is 9.59 Å². The molecule has 2 heterocycles. The van der Waals surface area contributed by atoms with Crippen molar-refractivity contribution in [3.8, 4) is 11.1 Å². The van der Waals surface area contributed by atoms with Gasteiger partial charge in [0, 0.05) is 25.7 Å². The van der Waals surface area contributed by atoms with Crippen molar-refractivity contribution < 1.29 is 42.9 Å². The van der Waals surface area contributed by atoms with Crippen LogP contribution in [-0.4, -0.2) is 85.7 Å². The van der Waals surface area contributed by atoms with Gasteiger partial charge in [-0.15, -0.1) is 0 Å². The summed E-state index contributed by atoms with van der Waals surface area (Å²) in [6.07, 6.45) is -1.26. The molecule has 0 bridgehead atoms. The summed E-state index contributed by atoms with van der Waals surface area (Å²) < 4.78 is 27.6. The molecule has 2 atom stereocenters. The fraction of sp³-hybridized carbons (Fsp3) is 0.567. The summed E-state index contributed by atoms with van der Waals surface area (Å²) >= 11 is 0. The van der Waals surface area contributed by atoms with Crippen LogP contribution in [0.15, 0.2) is 34.7 Å². The first-order valence-corrected chi connectivity index (χ1v) is 13.6.